The van der Waals surface area contributed by atoms with Gasteiger partial charge in [-0.1, -0.05) is 35.9 Å². The first-order chi connectivity index (χ1) is 14.3. The molecular weight excluding hydrogens is 413 g/mol. The number of ether oxygens (including phenoxy) is 1. The second kappa shape index (κ2) is 7.79. The van der Waals surface area contributed by atoms with Crippen LogP contribution >= 0.6 is 11.6 Å². The van der Waals surface area contributed by atoms with Crippen LogP contribution < -0.4 is 10.6 Å². The number of benzene rings is 2. The van der Waals surface area contributed by atoms with E-state index in [4.69, 9.17) is 16.3 Å². The predicted octanol–water partition coefficient (Wildman–Crippen LogP) is 3.30. The van der Waals surface area contributed by atoms with Crippen LogP contribution in [0.4, 0.5) is 14.9 Å². The molecule has 9 heteroatoms. The van der Waals surface area contributed by atoms with E-state index in [0.717, 1.165) is 4.90 Å². The van der Waals surface area contributed by atoms with Crippen LogP contribution in [0.1, 0.15) is 17.2 Å². The van der Waals surface area contributed by atoms with Gasteiger partial charge in [0.15, 0.2) is 0 Å². The maximum atomic E-state index is 13.7. The molecule has 2 aromatic carbocycles. The molecule has 0 unspecified atom stereocenters. The molecular formula is C21H17ClFN3O4. The number of urea groups is 1. The molecule has 2 heterocycles. The van der Waals surface area contributed by atoms with E-state index in [1.807, 2.05) is 0 Å². The Labute approximate surface area is 176 Å². The third-order valence-corrected chi connectivity index (χ3v) is 5.32. The SMILES string of the molecule is Cc1ccc(NC(=O)CN2C(=O)N[C@H](c3ccccc3Cl)C3=C2COC3=O)cc1F. The first-order valence-electron chi connectivity index (χ1n) is 9.14. The first-order valence-corrected chi connectivity index (χ1v) is 9.51. The summed E-state index contributed by atoms with van der Waals surface area (Å²) >= 11 is 6.24. The lowest BCUT2D eigenvalue weighted by molar-refractivity contribution is -0.136. The number of anilines is 1. The zero-order chi connectivity index (χ0) is 21.4. The fourth-order valence-electron chi connectivity index (χ4n) is 3.44. The summed E-state index contributed by atoms with van der Waals surface area (Å²) in [5, 5.41) is 5.66. The lowest BCUT2D eigenvalue weighted by Crippen LogP contribution is -2.49. The van der Waals surface area contributed by atoms with Gasteiger partial charge in [0, 0.05) is 10.7 Å². The van der Waals surface area contributed by atoms with Crippen molar-refractivity contribution in [2.45, 2.75) is 13.0 Å². The zero-order valence-electron chi connectivity index (χ0n) is 15.9. The van der Waals surface area contributed by atoms with Gasteiger partial charge in [-0.25, -0.2) is 14.0 Å². The normalized spacial score (nSPS) is 18.1. The largest absolute Gasteiger partial charge is 0.456 e. The number of nitrogens with one attached hydrogen (secondary N) is 2. The molecule has 2 aliphatic rings. The Morgan fingerprint density at radius 1 is 1.30 bits per heavy atom. The first kappa shape index (κ1) is 19.9. The Kier molecular flexibility index (Phi) is 5.17. The monoisotopic (exact) mass is 429 g/mol. The van der Waals surface area contributed by atoms with E-state index < -0.39 is 29.8 Å². The van der Waals surface area contributed by atoms with Crippen molar-refractivity contribution in [2.24, 2.45) is 0 Å². The number of cyclic esters (lactones) is 1. The predicted molar refractivity (Wildman–Crippen MR) is 107 cm³/mol. The van der Waals surface area contributed by atoms with Crippen molar-refractivity contribution in [1.82, 2.24) is 10.2 Å². The van der Waals surface area contributed by atoms with Gasteiger partial charge in [0.2, 0.25) is 5.91 Å². The van der Waals surface area contributed by atoms with Crippen molar-refractivity contribution >= 4 is 35.2 Å². The maximum absolute atomic E-state index is 13.7. The average molecular weight is 430 g/mol. The van der Waals surface area contributed by atoms with E-state index in [1.165, 1.54) is 12.1 Å². The van der Waals surface area contributed by atoms with Crippen LogP contribution in [0.15, 0.2) is 53.7 Å². The Balaban J connectivity index is 1.60. The van der Waals surface area contributed by atoms with Gasteiger partial charge >= 0.3 is 12.0 Å². The van der Waals surface area contributed by atoms with Gasteiger partial charge < -0.3 is 15.4 Å². The summed E-state index contributed by atoms with van der Waals surface area (Å²) in [7, 11) is 0. The van der Waals surface area contributed by atoms with Crippen LogP contribution in [-0.2, 0) is 14.3 Å². The van der Waals surface area contributed by atoms with Gasteiger partial charge in [0.1, 0.15) is 19.0 Å². The third kappa shape index (κ3) is 3.61. The molecule has 3 amide bonds. The Bertz CT molecular complexity index is 1100. The van der Waals surface area contributed by atoms with E-state index in [1.54, 1.807) is 37.3 Å². The molecule has 0 saturated heterocycles. The van der Waals surface area contributed by atoms with Crippen LogP contribution in [0.5, 0.6) is 0 Å². The van der Waals surface area contributed by atoms with Gasteiger partial charge in [-0.05, 0) is 36.2 Å². The second-order valence-electron chi connectivity index (χ2n) is 6.94. The summed E-state index contributed by atoms with van der Waals surface area (Å²) in [5.41, 5.74) is 1.81. The Morgan fingerprint density at radius 3 is 2.80 bits per heavy atom. The van der Waals surface area contributed by atoms with Crippen LogP contribution in [0.2, 0.25) is 5.02 Å². The molecule has 30 heavy (non-hydrogen) atoms. The second-order valence-corrected chi connectivity index (χ2v) is 7.35. The molecule has 2 N–H and O–H groups in total. The summed E-state index contributed by atoms with van der Waals surface area (Å²) in [5.74, 6) is -1.58. The molecule has 2 aliphatic heterocycles. The van der Waals surface area contributed by atoms with E-state index in [0.29, 0.717) is 21.8 Å². The molecule has 0 radical (unpaired) electrons. The molecule has 0 aromatic heterocycles. The number of hydrogen-bond donors (Lipinski definition) is 2. The highest BCUT2D eigenvalue weighted by Crippen LogP contribution is 2.37. The molecule has 2 aromatic rings. The van der Waals surface area contributed by atoms with Crippen LogP contribution in [-0.4, -0.2) is 36.0 Å². The highest BCUT2D eigenvalue weighted by Gasteiger charge is 2.43. The van der Waals surface area contributed by atoms with Crippen molar-refractivity contribution in [3.8, 4) is 0 Å². The quantitative estimate of drug-likeness (QED) is 0.730. The van der Waals surface area contributed by atoms with Crippen molar-refractivity contribution in [3.63, 3.8) is 0 Å². The van der Waals surface area contributed by atoms with Crippen molar-refractivity contribution in [1.29, 1.82) is 0 Å². The molecule has 4 rings (SSSR count). The smallest absolute Gasteiger partial charge is 0.338 e. The number of aryl methyl sites for hydroxylation is 1. The molecule has 0 spiro atoms. The summed E-state index contributed by atoms with van der Waals surface area (Å²) in [4.78, 5) is 38.7. The molecule has 1 atom stereocenters. The molecule has 154 valence electrons. The minimum absolute atomic E-state index is 0.130. The maximum Gasteiger partial charge on any atom is 0.338 e. The number of carbonyl (C=O) groups excluding carboxylic acids is 3. The topological polar surface area (TPSA) is 87.7 Å². The highest BCUT2D eigenvalue weighted by atomic mass is 35.5. The van der Waals surface area contributed by atoms with E-state index in [-0.39, 0.29) is 24.4 Å². The minimum Gasteiger partial charge on any atom is -0.456 e. The van der Waals surface area contributed by atoms with Crippen LogP contribution in [0, 0.1) is 12.7 Å². The Morgan fingerprint density at radius 2 is 2.07 bits per heavy atom. The van der Waals surface area contributed by atoms with Gasteiger partial charge in [0.25, 0.3) is 0 Å². The lowest BCUT2D eigenvalue weighted by atomic mass is 9.95. The number of carbonyl (C=O) groups is 3. The van der Waals surface area contributed by atoms with Gasteiger partial charge in [-0.2, -0.15) is 0 Å². The van der Waals surface area contributed by atoms with Crippen LogP contribution in [0.25, 0.3) is 0 Å². The van der Waals surface area contributed by atoms with Crippen molar-refractivity contribution < 1.29 is 23.5 Å². The number of rotatable bonds is 4. The van der Waals surface area contributed by atoms with Gasteiger partial charge in [-0.3, -0.25) is 9.69 Å². The number of halogens is 2. The average Bonchev–Trinajstić information content (AvgIpc) is 3.09. The van der Waals surface area contributed by atoms with E-state index >= 15 is 0 Å². The zero-order valence-corrected chi connectivity index (χ0v) is 16.6. The third-order valence-electron chi connectivity index (χ3n) is 4.97. The standard InChI is InChI=1S/C21H17ClFN3O4/c1-11-6-7-12(8-15(11)23)24-17(27)9-26-16-10-30-20(28)18(16)19(25-21(26)29)13-4-2-3-5-14(13)22/h2-8,19H,9-10H2,1H3,(H,24,27)(H,25,29)/t19-/m1/s1. The number of esters is 1. The molecule has 0 aliphatic carbocycles. The summed E-state index contributed by atoms with van der Waals surface area (Å²) in [6.45, 7) is 1.11. The van der Waals surface area contributed by atoms with Crippen molar-refractivity contribution in [3.05, 3.63) is 75.7 Å². The number of hydrogen-bond acceptors (Lipinski definition) is 4. The molecule has 0 bridgehead atoms. The summed E-state index contributed by atoms with van der Waals surface area (Å²) in [6.07, 6.45) is 0. The highest BCUT2D eigenvalue weighted by molar-refractivity contribution is 6.31. The number of nitrogens with zero attached hydrogens (tertiary/aromatic N) is 1. The minimum atomic E-state index is -0.776. The summed E-state index contributed by atoms with van der Waals surface area (Å²) < 4.78 is 18.8. The Hall–Kier alpha value is -3.39. The van der Waals surface area contributed by atoms with Gasteiger partial charge in [-0.15, -0.1) is 0 Å². The van der Waals surface area contributed by atoms with Crippen molar-refractivity contribution in [2.75, 3.05) is 18.5 Å². The van der Waals surface area contributed by atoms with E-state index in [9.17, 15) is 18.8 Å². The molecule has 0 fully saturated rings. The lowest BCUT2D eigenvalue weighted by Gasteiger charge is -2.32. The van der Waals surface area contributed by atoms with Gasteiger partial charge in [0.05, 0.1) is 17.3 Å². The fourth-order valence-corrected chi connectivity index (χ4v) is 3.68. The molecule has 0 saturated carbocycles. The number of amides is 3. The molecule has 7 nitrogen and oxygen atoms in total. The summed E-state index contributed by atoms with van der Waals surface area (Å²) in [6, 6.07) is 9.80. The van der Waals surface area contributed by atoms with Crippen LogP contribution in [0.3, 0.4) is 0 Å². The van der Waals surface area contributed by atoms with E-state index in [2.05, 4.69) is 10.6 Å². The fraction of sp³-hybridized carbons (Fsp3) is 0.190.